The topological polar surface area (TPSA) is 69.7 Å². The number of hydrogen-bond acceptors (Lipinski definition) is 6. The largest absolute Gasteiger partial charge is 0.414 e. The number of hydrogen-bond donors (Lipinski definition) is 4. The summed E-state index contributed by atoms with van der Waals surface area (Å²) in [5, 5.41) is 9.40. The van der Waals surface area contributed by atoms with E-state index in [4.69, 9.17) is 4.84 Å². The molecule has 2 heterocycles. The van der Waals surface area contributed by atoms with Crippen molar-refractivity contribution >= 4 is 6.34 Å². The van der Waals surface area contributed by atoms with E-state index in [9.17, 15) is 4.39 Å². The van der Waals surface area contributed by atoms with Crippen LogP contribution in [-0.2, 0) is 4.84 Å². The zero-order valence-corrected chi connectivity index (χ0v) is 12.7. The van der Waals surface area contributed by atoms with Crippen LogP contribution in [0.2, 0.25) is 0 Å². The predicted octanol–water partition coefficient (Wildman–Crippen LogP) is 0.562. The van der Waals surface area contributed by atoms with E-state index in [-0.39, 0.29) is 12.1 Å². The highest BCUT2D eigenvalue weighted by molar-refractivity contribution is 5.61. The maximum Gasteiger partial charge on any atom is 0.133 e. The minimum Gasteiger partial charge on any atom is -0.414 e. The van der Waals surface area contributed by atoms with Crippen LogP contribution >= 0.6 is 0 Å². The Morgan fingerprint density at radius 3 is 3.10 bits per heavy atom. The van der Waals surface area contributed by atoms with Crippen molar-refractivity contribution in [3.05, 3.63) is 23.2 Å². The molecule has 118 valence electrons. The summed E-state index contributed by atoms with van der Waals surface area (Å²) in [4.78, 5) is 9.57. The molecule has 0 saturated carbocycles. The van der Waals surface area contributed by atoms with Gasteiger partial charge in [-0.25, -0.2) is 4.39 Å². The fourth-order valence-electron chi connectivity index (χ4n) is 2.47. The highest BCUT2D eigenvalue weighted by Gasteiger charge is 2.26. The highest BCUT2D eigenvalue weighted by Crippen LogP contribution is 2.17. The van der Waals surface area contributed by atoms with E-state index in [0.29, 0.717) is 6.54 Å². The van der Waals surface area contributed by atoms with Crippen molar-refractivity contribution in [2.45, 2.75) is 38.5 Å². The van der Waals surface area contributed by atoms with Crippen molar-refractivity contribution in [3.63, 3.8) is 0 Å². The molecule has 1 fully saturated rings. The lowest BCUT2D eigenvalue weighted by Crippen LogP contribution is -2.51. The minimum absolute atomic E-state index is 0.109. The lowest BCUT2D eigenvalue weighted by Gasteiger charge is -2.31. The monoisotopic (exact) mass is 297 g/mol. The Bertz CT molecular complexity index is 449. The molecule has 2 rings (SSSR count). The summed E-state index contributed by atoms with van der Waals surface area (Å²) in [6.07, 6.45) is 3.43. The summed E-state index contributed by atoms with van der Waals surface area (Å²) in [6, 6.07) is -0.281. The van der Waals surface area contributed by atoms with Crippen LogP contribution in [0.15, 0.2) is 28.2 Å². The third-order valence-corrected chi connectivity index (χ3v) is 3.68. The van der Waals surface area contributed by atoms with Crippen LogP contribution in [0, 0.1) is 0 Å². The van der Waals surface area contributed by atoms with Gasteiger partial charge < -0.3 is 20.8 Å². The van der Waals surface area contributed by atoms with Gasteiger partial charge in [0, 0.05) is 13.6 Å². The summed E-state index contributed by atoms with van der Waals surface area (Å²) in [5.74, 6) is 1.57. The van der Waals surface area contributed by atoms with Crippen molar-refractivity contribution in [3.8, 4) is 0 Å². The van der Waals surface area contributed by atoms with Gasteiger partial charge in [-0.15, -0.1) is 0 Å². The minimum atomic E-state index is -0.886. The number of halogens is 1. The lowest BCUT2D eigenvalue weighted by molar-refractivity contribution is 0.127. The van der Waals surface area contributed by atoms with Crippen LogP contribution in [0.5, 0.6) is 0 Å². The van der Waals surface area contributed by atoms with Crippen molar-refractivity contribution < 1.29 is 9.23 Å². The molecule has 2 unspecified atom stereocenters. The van der Waals surface area contributed by atoms with Gasteiger partial charge in [0.1, 0.15) is 17.8 Å². The molecule has 2 aliphatic rings. The summed E-state index contributed by atoms with van der Waals surface area (Å²) in [6.45, 7) is 5.07. The average Bonchev–Trinajstić information content (AvgIpc) is 2.46. The number of nitrogens with one attached hydrogen (secondary N) is 4. The number of piperidine rings is 1. The van der Waals surface area contributed by atoms with Gasteiger partial charge >= 0.3 is 0 Å². The van der Waals surface area contributed by atoms with Gasteiger partial charge in [0.25, 0.3) is 0 Å². The second kappa shape index (κ2) is 7.42. The van der Waals surface area contributed by atoms with Gasteiger partial charge in [-0.1, -0.05) is 0 Å². The van der Waals surface area contributed by atoms with E-state index in [0.717, 1.165) is 30.1 Å². The number of aliphatic imine (C=N–C) groups is 1. The normalized spacial score (nSPS) is 30.1. The van der Waals surface area contributed by atoms with Crippen molar-refractivity contribution in [1.82, 2.24) is 21.4 Å². The number of rotatable bonds is 5. The maximum atomic E-state index is 13.9. The maximum absolute atomic E-state index is 13.9. The summed E-state index contributed by atoms with van der Waals surface area (Å²) < 4.78 is 13.9. The molecule has 0 amide bonds. The number of nitrogens with zero attached hydrogens (tertiary/aromatic N) is 1. The summed E-state index contributed by atoms with van der Waals surface area (Å²) >= 11 is 0. The molecule has 0 aromatic rings. The SMILES string of the molecule is CNO/C(C)=C/C1N=CNC(NC2CCNC[C@H]2F)=C1C. The van der Waals surface area contributed by atoms with Crippen molar-refractivity contribution in [1.29, 1.82) is 0 Å². The van der Waals surface area contributed by atoms with Crippen LogP contribution in [0.25, 0.3) is 0 Å². The smallest absolute Gasteiger partial charge is 0.133 e. The Morgan fingerprint density at radius 1 is 1.57 bits per heavy atom. The Morgan fingerprint density at radius 2 is 2.38 bits per heavy atom. The number of alkyl halides is 1. The molecule has 0 bridgehead atoms. The zero-order chi connectivity index (χ0) is 15.2. The molecule has 0 aromatic heterocycles. The van der Waals surface area contributed by atoms with Gasteiger partial charge in [0.05, 0.1) is 18.4 Å². The third-order valence-electron chi connectivity index (χ3n) is 3.68. The second-order valence-corrected chi connectivity index (χ2v) is 5.27. The predicted molar refractivity (Wildman–Crippen MR) is 81.3 cm³/mol. The fourth-order valence-corrected chi connectivity index (χ4v) is 2.47. The standard InChI is InChI=1S/C14H24FN5O/c1-9(21-16-3)6-13-10(2)14(19-8-18-13)20-12-4-5-17-7-11(12)15/h6,8,11-13,16-17,20H,4-5,7H2,1-3H3,(H,18,19)/b9-6+/t11-,12?,13?/m1/s1. The van der Waals surface area contributed by atoms with Crippen LogP contribution < -0.4 is 21.4 Å². The Labute approximate surface area is 124 Å². The summed E-state index contributed by atoms with van der Waals surface area (Å²) in [7, 11) is 1.71. The molecular formula is C14H24FN5O. The first-order valence-electron chi connectivity index (χ1n) is 7.24. The molecule has 0 spiro atoms. The quantitative estimate of drug-likeness (QED) is 0.441. The van der Waals surface area contributed by atoms with Crippen molar-refractivity contribution in [2.24, 2.45) is 4.99 Å². The van der Waals surface area contributed by atoms with E-state index in [1.807, 2.05) is 19.9 Å². The molecule has 1 saturated heterocycles. The first-order chi connectivity index (χ1) is 10.1. The van der Waals surface area contributed by atoms with E-state index in [2.05, 4.69) is 26.4 Å². The van der Waals surface area contributed by atoms with Crippen LogP contribution in [-0.4, -0.2) is 44.7 Å². The van der Waals surface area contributed by atoms with Gasteiger partial charge in [-0.2, -0.15) is 5.48 Å². The molecule has 21 heavy (non-hydrogen) atoms. The van der Waals surface area contributed by atoms with Crippen LogP contribution in [0.4, 0.5) is 4.39 Å². The first-order valence-corrected chi connectivity index (χ1v) is 7.24. The molecule has 3 atom stereocenters. The molecule has 0 aliphatic carbocycles. The van der Waals surface area contributed by atoms with E-state index in [1.165, 1.54) is 0 Å². The molecular weight excluding hydrogens is 273 g/mol. The Hall–Kier alpha value is -1.60. The van der Waals surface area contributed by atoms with Gasteiger partial charge in [-0.05, 0) is 38.5 Å². The zero-order valence-electron chi connectivity index (χ0n) is 12.7. The number of hydroxylamine groups is 1. The van der Waals surface area contributed by atoms with Crippen molar-refractivity contribution in [2.75, 3.05) is 20.1 Å². The van der Waals surface area contributed by atoms with Crippen LogP contribution in [0.3, 0.4) is 0 Å². The first kappa shape index (κ1) is 15.8. The summed E-state index contributed by atoms with van der Waals surface area (Å²) in [5.41, 5.74) is 3.65. The Kier molecular flexibility index (Phi) is 5.58. The molecule has 4 N–H and O–H groups in total. The molecule has 2 aliphatic heterocycles. The van der Waals surface area contributed by atoms with E-state index < -0.39 is 6.17 Å². The average molecular weight is 297 g/mol. The number of allylic oxidation sites excluding steroid dienone is 1. The molecule has 0 radical (unpaired) electrons. The van der Waals surface area contributed by atoms with E-state index >= 15 is 0 Å². The van der Waals surface area contributed by atoms with Crippen LogP contribution in [0.1, 0.15) is 20.3 Å². The Balaban J connectivity index is 2.05. The van der Waals surface area contributed by atoms with E-state index in [1.54, 1.807) is 13.4 Å². The molecule has 0 aromatic carbocycles. The fraction of sp³-hybridized carbons (Fsp3) is 0.643. The molecule has 6 nitrogen and oxygen atoms in total. The van der Waals surface area contributed by atoms with Gasteiger partial charge in [0.2, 0.25) is 0 Å². The third kappa shape index (κ3) is 4.18. The van der Waals surface area contributed by atoms with Gasteiger partial charge in [-0.3, -0.25) is 4.99 Å². The molecule has 7 heteroatoms. The second-order valence-electron chi connectivity index (χ2n) is 5.27. The lowest BCUT2D eigenvalue weighted by atomic mass is 10.0. The van der Waals surface area contributed by atoms with Gasteiger partial charge in [0.15, 0.2) is 0 Å². The highest BCUT2D eigenvalue weighted by atomic mass is 19.1.